The predicted molar refractivity (Wildman–Crippen MR) is 117 cm³/mol. The number of hydrogen-bond donors (Lipinski definition) is 3. The number of anilines is 4. The molecule has 4 N–H and O–H groups in total. The molecule has 0 saturated heterocycles. The van der Waals surface area contributed by atoms with E-state index in [1.165, 1.54) is 17.5 Å². The molecule has 29 heavy (non-hydrogen) atoms. The largest absolute Gasteiger partial charge is 0.493 e. The number of benzene rings is 2. The van der Waals surface area contributed by atoms with E-state index >= 15 is 0 Å². The molecule has 3 aromatic rings. The van der Waals surface area contributed by atoms with Crippen LogP contribution < -0.4 is 25.8 Å². The minimum Gasteiger partial charge on any atom is -0.493 e. The second-order valence-corrected chi connectivity index (χ2v) is 6.85. The van der Waals surface area contributed by atoms with Crippen molar-refractivity contribution in [1.29, 1.82) is 0 Å². The molecule has 0 aliphatic rings. The van der Waals surface area contributed by atoms with Crippen molar-refractivity contribution in [2.45, 2.75) is 20.3 Å². The standard InChI is InChI=1S/C22H27N5O2/c1-14-9-15(2)11-17(10-14)27-22-20(23)21(25-13-26-22)24-8-7-16-5-6-18(28-3)19(12-16)29-4/h5-6,9-13H,7-8,23H2,1-4H3,(H2,24,25,26,27). The highest BCUT2D eigenvalue weighted by Gasteiger charge is 2.09. The average Bonchev–Trinajstić information content (AvgIpc) is 2.70. The quantitative estimate of drug-likeness (QED) is 0.530. The van der Waals surface area contributed by atoms with Crippen molar-refractivity contribution in [3.8, 4) is 11.5 Å². The molecular weight excluding hydrogens is 366 g/mol. The van der Waals surface area contributed by atoms with E-state index in [1.807, 2.05) is 18.2 Å². The highest BCUT2D eigenvalue weighted by Crippen LogP contribution is 2.29. The van der Waals surface area contributed by atoms with Crippen molar-refractivity contribution in [2.75, 3.05) is 37.1 Å². The third kappa shape index (κ3) is 5.07. The van der Waals surface area contributed by atoms with Gasteiger partial charge in [0.2, 0.25) is 0 Å². The first-order chi connectivity index (χ1) is 14.0. The molecule has 0 fully saturated rings. The van der Waals surface area contributed by atoms with Crippen molar-refractivity contribution < 1.29 is 9.47 Å². The lowest BCUT2D eigenvalue weighted by Crippen LogP contribution is -2.11. The molecule has 0 spiro atoms. The summed E-state index contributed by atoms with van der Waals surface area (Å²) in [5.74, 6) is 2.61. The van der Waals surface area contributed by atoms with Crippen molar-refractivity contribution in [1.82, 2.24) is 9.97 Å². The maximum absolute atomic E-state index is 6.28. The molecule has 7 heteroatoms. The fourth-order valence-electron chi connectivity index (χ4n) is 3.18. The Morgan fingerprint density at radius 3 is 2.28 bits per heavy atom. The predicted octanol–water partition coefficient (Wildman–Crippen LogP) is 4.09. The van der Waals surface area contributed by atoms with Gasteiger partial charge in [-0.25, -0.2) is 9.97 Å². The number of nitrogens with one attached hydrogen (secondary N) is 2. The molecule has 0 radical (unpaired) electrons. The lowest BCUT2D eigenvalue weighted by atomic mass is 10.1. The van der Waals surface area contributed by atoms with Gasteiger partial charge in [-0.3, -0.25) is 0 Å². The summed E-state index contributed by atoms with van der Waals surface area (Å²) in [7, 11) is 3.26. The highest BCUT2D eigenvalue weighted by atomic mass is 16.5. The van der Waals surface area contributed by atoms with Gasteiger partial charge in [-0.15, -0.1) is 0 Å². The Morgan fingerprint density at radius 2 is 1.59 bits per heavy atom. The second-order valence-electron chi connectivity index (χ2n) is 6.85. The Bertz CT molecular complexity index is 971. The number of aromatic nitrogens is 2. The van der Waals surface area contributed by atoms with Crippen LogP contribution in [0.25, 0.3) is 0 Å². The zero-order valence-electron chi connectivity index (χ0n) is 17.2. The number of nitrogens with two attached hydrogens (primary N) is 1. The van der Waals surface area contributed by atoms with Crippen LogP contribution in [0.3, 0.4) is 0 Å². The average molecular weight is 393 g/mol. The molecule has 0 aliphatic carbocycles. The Hall–Kier alpha value is -3.48. The first kappa shape index (κ1) is 20.3. The molecule has 152 valence electrons. The smallest absolute Gasteiger partial charge is 0.160 e. The molecule has 7 nitrogen and oxygen atoms in total. The van der Waals surface area contributed by atoms with Gasteiger partial charge in [0, 0.05) is 12.2 Å². The number of hydrogen-bond acceptors (Lipinski definition) is 7. The van der Waals surface area contributed by atoms with Crippen LogP contribution in [0, 0.1) is 13.8 Å². The minimum absolute atomic E-state index is 0.485. The molecule has 0 unspecified atom stereocenters. The molecule has 0 saturated carbocycles. The molecule has 0 amide bonds. The van der Waals surface area contributed by atoms with Gasteiger partial charge in [-0.1, -0.05) is 12.1 Å². The summed E-state index contributed by atoms with van der Waals surface area (Å²) in [5, 5.41) is 6.57. The zero-order chi connectivity index (χ0) is 20.8. The molecule has 0 bridgehead atoms. The number of aryl methyl sites for hydroxylation is 2. The molecule has 2 aromatic carbocycles. The van der Waals surface area contributed by atoms with E-state index in [0.717, 1.165) is 17.7 Å². The number of methoxy groups -OCH3 is 2. The third-order valence-electron chi connectivity index (χ3n) is 4.52. The van der Waals surface area contributed by atoms with Gasteiger partial charge in [0.25, 0.3) is 0 Å². The monoisotopic (exact) mass is 393 g/mol. The lowest BCUT2D eigenvalue weighted by molar-refractivity contribution is 0.354. The highest BCUT2D eigenvalue weighted by molar-refractivity contribution is 5.77. The summed E-state index contributed by atoms with van der Waals surface area (Å²) in [6.45, 7) is 4.78. The second kappa shape index (κ2) is 9.14. The SMILES string of the molecule is COc1ccc(CCNc2ncnc(Nc3cc(C)cc(C)c3)c2N)cc1OC. The number of nitrogens with zero attached hydrogens (tertiary/aromatic N) is 2. The van der Waals surface area contributed by atoms with Gasteiger partial charge in [0.05, 0.1) is 14.2 Å². The summed E-state index contributed by atoms with van der Waals surface area (Å²) < 4.78 is 10.6. The Morgan fingerprint density at radius 1 is 0.897 bits per heavy atom. The zero-order valence-corrected chi connectivity index (χ0v) is 17.2. The Kier molecular flexibility index (Phi) is 6.39. The van der Waals surface area contributed by atoms with Crippen LogP contribution in [0.15, 0.2) is 42.7 Å². The van der Waals surface area contributed by atoms with Crippen LogP contribution in [0.1, 0.15) is 16.7 Å². The van der Waals surface area contributed by atoms with Crippen LogP contribution in [0.2, 0.25) is 0 Å². The Balaban J connectivity index is 1.67. The van der Waals surface area contributed by atoms with Gasteiger partial charge in [0.15, 0.2) is 23.1 Å². The fourth-order valence-corrected chi connectivity index (χ4v) is 3.18. The summed E-state index contributed by atoms with van der Waals surface area (Å²) in [6.07, 6.45) is 2.28. The number of rotatable bonds is 8. The first-order valence-electron chi connectivity index (χ1n) is 9.40. The molecule has 3 rings (SSSR count). The topological polar surface area (TPSA) is 94.3 Å². The minimum atomic E-state index is 0.485. The van der Waals surface area contributed by atoms with E-state index in [0.29, 0.717) is 35.4 Å². The number of nitrogen functional groups attached to an aromatic ring is 1. The van der Waals surface area contributed by atoms with E-state index in [-0.39, 0.29) is 0 Å². The van der Waals surface area contributed by atoms with Crippen LogP contribution in [-0.2, 0) is 6.42 Å². The van der Waals surface area contributed by atoms with E-state index in [1.54, 1.807) is 14.2 Å². The van der Waals surface area contributed by atoms with E-state index < -0.39 is 0 Å². The molecular formula is C22H27N5O2. The van der Waals surface area contributed by atoms with Gasteiger partial charge >= 0.3 is 0 Å². The molecule has 0 atom stereocenters. The van der Waals surface area contributed by atoms with Gasteiger partial charge in [0.1, 0.15) is 12.0 Å². The maximum Gasteiger partial charge on any atom is 0.160 e. The van der Waals surface area contributed by atoms with Crippen molar-refractivity contribution in [3.63, 3.8) is 0 Å². The third-order valence-corrected chi connectivity index (χ3v) is 4.52. The maximum atomic E-state index is 6.28. The summed E-state index contributed by atoms with van der Waals surface area (Å²) in [5.41, 5.74) is 11.2. The summed E-state index contributed by atoms with van der Waals surface area (Å²) >= 11 is 0. The van der Waals surface area contributed by atoms with Gasteiger partial charge < -0.3 is 25.8 Å². The fraction of sp³-hybridized carbons (Fsp3) is 0.273. The van der Waals surface area contributed by atoms with Crippen molar-refractivity contribution in [3.05, 3.63) is 59.4 Å². The van der Waals surface area contributed by atoms with Crippen LogP contribution in [0.5, 0.6) is 11.5 Å². The van der Waals surface area contributed by atoms with Crippen LogP contribution >= 0.6 is 0 Å². The number of ether oxygens (including phenoxy) is 2. The van der Waals surface area contributed by atoms with Gasteiger partial charge in [-0.2, -0.15) is 0 Å². The van der Waals surface area contributed by atoms with Gasteiger partial charge in [-0.05, 0) is 61.2 Å². The normalized spacial score (nSPS) is 10.5. The lowest BCUT2D eigenvalue weighted by Gasteiger charge is -2.14. The molecule has 1 heterocycles. The van der Waals surface area contributed by atoms with E-state index in [2.05, 4.69) is 52.6 Å². The van der Waals surface area contributed by atoms with E-state index in [4.69, 9.17) is 15.2 Å². The first-order valence-corrected chi connectivity index (χ1v) is 9.40. The Labute approximate surface area is 171 Å². The molecule has 1 aromatic heterocycles. The van der Waals surface area contributed by atoms with Crippen LogP contribution in [0.4, 0.5) is 23.0 Å². The summed E-state index contributed by atoms with van der Waals surface area (Å²) in [4.78, 5) is 8.56. The van der Waals surface area contributed by atoms with Crippen molar-refractivity contribution >= 4 is 23.0 Å². The summed E-state index contributed by atoms with van der Waals surface area (Å²) in [6, 6.07) is 12.1. The van der Waals surface area contributed by atoms with Crippen molar-refractivity contribution in [2.24, 2.45) is 0 Å². The van der Waals surface area contributed by atoms with E-state index in [9.17, 15) is 0 Å². The molecule has 0 aliphatic heterocycles. The van der Waals surface area contributed by atoms with Crippen LogP contribution in [-0.4, -0.2) is 30.7 Å².